The molecule has 0 spiro atoms. The molecule has 1 aliphatic heterocycles. The molecule has 9 heteroatoms. The average Bonchev–Trinajstić information content (AvgIpc) is 2.99. The molecule has 3 fully saturated rings. The summed E-state index contributed by atoms with van der Waals surface area (Å²) in [5.41, 5.74) is -2.11. The second kappa shape index (κ2) is 11.6. The molecule has 6 rings (SSSR count). The molecule has 0 bridgehead atoms. The topological polar surface area (TPSA) is 125 Å². The molecule has 2 aromatic rings. The minimum Gasteiger partial charge on any atom is -0.482 e. The Bertz CT molecular complexity index is 1500. The van der Waals surface area contributed by atoms with Gasteiger partial charge in [0.05, 0.1) is 18.6 Å². The molecule has 0 aromatic carbocycles. The Hall–Kier alpha value is -3.20. The quantitative estimate of drug-likeness (QED) is 0.385. The Morgan fingerprint density at radius 3 is 2.51 bits per heavy atom. The van der Waals surface area contributed by atoms with Gasteiger partial charge in [-0.25, -0.2) is 4.79 Å². The largest absolute Gasteiger partial charge is 0.482 e. The number of pyridine rings is 1. The first-order valence-corrected chi connectivity index (χ1v) is 16.6. The predicted octanol–water partition coefficient (Wildman–Crippen LogP) is 6.27. The van der Waals surface area contributed by atoms with E-state index in [1.54, 1.807) is 30.6 Å². The summed E-state index contributed by atoms with van der Waals surface area (Å²) < 4.78 is 24.8. The number of nitrogens with zero attached hydrogens (tertiary/aromatic N) is 1. The first kappa shape index (κ1) is 31.8. The number of aliphatic hydroxyl groups excluding tert-OH is 1. The fourth-order valence-electron chi connectivity index (χ4n) is 9.43. The SMILES string of the molecule is CC(=O)OC[C@@]1(C)C2C[C@H](OC(=O)C3CCC(C)CC3)[C@@]3(C)Oc4cc(-c5cccnc5)oc(=O)c4[C@H](O)C3[C@@]2(C)CC[C@@H]1C. The van der Waals surface area contributed by atoms with Crippen LogP contribution in [0.2, 0.25) is 0 Å². The molecule has 4 aliphatic rings. The normalized spacial score (nSPS) is 39.0. The van der Waals surface area contributed by atoms with E-state index in [2.05, 4.69) is 32.7 Å². The molecule has 3 aliphatic carbocycles. The lowest BCUT2D eigenvalue weighted by Crippen LogP contribution is -2.70. The zero-order chi connectivity index (χ0) is 32.3. The van der Waals surface area contributed by atoms with E-state index in [-0.39, 0.29) is 53.4 Å². The molecule has 3 heterocycles. The summed E-state index contributed by atoms with van der Waals surface area (Å²) in [6.45, 7) is 12.3. The van der Waals surface area contributed by atoms with Gasteiger partial charge in [-0.05, 0) is 87.2 Å². The molecule has 2 aromatic heterocycles. The number of carbonyl (C=O) groups is 2. The van der Waals surface area contributed by atoms with Gasteiger partial charge >= 0.3 is 17.6 Å². The number of ether oxygens (including phenoxy) is 3. The van der Waals surface area contributed by atoms with Crippen LogP contribution in [0.5, 0.6) is 5.75 Å². The predicted molar refractivity (Wildman–Crippen MR) is 166 cm³/mol. The third-order valence-corrected chi connectivity index (χ3v) is 12.3. The first-order chi connectivity index (χ1) is 21.3. The number of hydrogen-bond donors (Lipinski definition) is 1. The monoisotopic (exact) mass is 621 g/mol. The minimum absolute atomic E-state index is 0.0821. The maximum absolute atomic E-state index is 13.8. The van der Waals surface area contributed by atoms with E-state index < -0.39 is 40.2 Å². The fourth-order valence-corrected chi connectivity index (χ4v) is 9.43. The van der Waals surface area contributed by atoms with Crippen molar-refractivity contribution in [2.45, 2.75) is 104 Å². The van der Waals surface area contributed by atoms with Crippen LogP contribution in [0.4, 0.5) is 0 Å². The number of fused-ring (bicyclic) bond motifs is 4. The second-order valence-corrected chi connectivity index (χ2v) is 15.0. The van der Waals surface area contributed by atoms with Crippen molar-refractivity contribution in [3.05, 3.63) is 46.6 Å². The van der Waals surface area contributed by atoms with Gasteiger partial charge in [0.15, 0.2) is 0 Å². The van der Waals surface area contributed by atoms with E-state index in [0.717, 1.165) is 38.5 Å². The molecule has 0 saturated heterocycles. The summed E-state index contributed by atoms with van der Waals surface area (Å²) in [6, 6.07) is 5.18. The molecule has 45 heavy (non-hydrogen) atoms. The Labute approximate surface area is 265 Å². The fraction of sp³-hybridized carbons (Fsp3) is 0.667. The number of esters is 2. The molecular weight excluding hydrogens is 574 g/mol. The molecule has 244 valence electrons. The summed E-state index contributed by atoms with van der Waals surface area (Å²) in [5.74, 6) is -0.143. The van der Waals surface area contributed by atoms with E-state index in [0.29, 0.717) is 17.9 Å². The van der Waals surface area contributed by atoms with Crippen molar-refractivity contribution in [1.29, 1.82) is 0 Å². The van der Waals surface area contributed by atoms with Gasteiger partial charge in [-0.3, -0.25) is 14.6 Å². The van der Waals surface area contributed by atoms with Crippen molar-refractivity contribution >= 4 is 11.9 Å². The zero-order valence-corrected chi connectivity index (χ0v) is 27.3. The van der Waals surface area contributed by atoms with Gasteiger partial charge in [0.25, 0.3) is 0 Å². The van der Waals surface area contributed by atoms with Crippen molar-refractivity contribution in [2.24, 2.45) is 40.4 Å². The van der Waals surface area contributed by atoms with Crippen LogP contribution in [0.15, 0.2) is 39.8 Å². The Balaban J connectivity index is 1.46. The third kappa shape index (κ3) is 5.29. The van der Waals surface area contributed by atoms with Gasteiger partial charge in [0, 0.05) is 42.3 Å². The summed E-state index contributed by atoms with van der Waals surface area (Å²) in [4.78, 5) is 43.6. The van der Waals surface area contributed by atoms with E-state index in [4.69, 9.17) is 18.6 Å². The van der Waals surface area contributed by atoms with Gasteiger partial charge in [0.2, 0.25) is 0 Å². The number of rotatable bonds is 5. The van der Waals surface area contributed by atoms with Crippen LogP contribution < -0.4 is 10.4 Å². The number of carbonyl (C=O) groups excluding carboxylic acids is 2. The van der Waals surface area contributed by atoms with Gasteiger partial charge in [-0.15, -0.1) is 0 Å². The standard InChI is InChI=1S/C36H47NO8/c1-20-9-11-23(12-10-20)32(40)44-28-17-27-34(4,14-13-21(2)35(27,5)19-42-22(3)38)31-30(39)29-26(45-36(28,31)6)16-25(43-33(29)41)24-8-7-15-37-18-24/h7-8,15-16,18,20-21,23,27-28,30-31,39H,9-14,17,19H2,1-6H3/t20?,21-,23?,27?,28-,30-,31?,34-,35+,36+/m0/s1. The first-order valence-electron chi connectivity index (χ1n) is 16.6. The van der Waals surface area contributed by atoms with Crippen molar-refractivity contribution in [2.75, 3.05) is 6.61 Å². The molecule has 0 amide bonds. The zero-order valence-electron chi connectivity index (χ0n) is 27.3. The molecule has 0 radical (unpaired) electrons. The van der Waals surface area contributed by atoms with E-state index in [1.807, 2.05) is 6.92 Å². The molecule has 1 N–H and O–H groups in total. The molecular formula is C36H47NO8. The molecule has 2 unspecified atom stereocenters. The second-order valence-electron chi connectivity index (χ2n) is 15.0. The Morgan fingerprint density at radius 1 is 1.11 bits per heavy atom. The highest BCUT2D eigenvalue weighted by molar-refractivity contribution is 5.73. The highest BCUT2D eigenvalue weighted by Gasteiger charge is 2.70. The minimum atomic E-state index is -1.23. The van der Waals surface area contributed by atoms with Gasteiger partial charge in [0.1, 0.15) is 28.8 Å². The number of hydrogen-bond acceptors (Lipinski definition) is 9. The molecule has 3 saturated carbocycles. The van der Waals surface area contributed by atoms with E-state index in [9.17, 15) is 19.5 Å². The lowest BCUT2D eigenvalue weighted by atomic mass is 9.41. The van der Waals surface area contributed by atoms with Gasteiger partial charge in [-0.2, -0.15) is 0 Å². The maximum Gasteiger partial charge on any atom is 0.345 e. The van der Waals surface area contributed by atoms with E-state index in [1.165, 1.54) is 6.92 Å². The van der Waals surface area contributed by atoms with Crippen molar-refractivity contribution in [3.8, 4) is 17.1 Å². The van der Waals surface area contributed by atoms with E-state index >= 15 is 0 Å². The summed E-state index contributed by atoms with van der Waals surface area (Å²) in [7, 11) is 0. The van der Waals surface area contributed by atoms with Gasteiger partial charge in [-0.1, -0.05) is 27.7 Å². The lowest BCUT2D eigenvalue weighted by Gasteiger charge is -2.66. The Morgan fingerprint density at radius 2 is 1.84 bits per heavy atom. The Kier molecular flexibility index (Phi) is 8.15. The van der Waals surface area contributed by atoms with Gasteiger partial charge < -0.3 is 23.7 Å². The molecule has 8 atom stereocenters. The summed E-state index contributed by atoms with van der Waals surface area (Å²) in [5, 5.41) is 12.3. The van der Waals surface area contributed by atoms with Crippen molar-refractivity contribution < 1.29 is 33.3 Å². The number of aromatic nitrogens is 1. The highest BCUT2D eigenvalue weighted by atomic mass is 16.6. The summed E-state index contributed by atoms with van der Waals surface area (Å²) in [6.07, 6.45) is 6.95. The maximum atomic E-state index is 13.8. The van der Waals surface area contributed by atoms with Crippen molar-refractivity contribution in [1.82, 2.24) is 4.98 Å². The van der Waals surface area contributed by atoms with Crippen LogP contribution in [0.25, 0.3) is 11.3 Å². The third-order valence-electron chi connectivity index (χ3n) is 12.3. The van der Waals surface area contributed by atoms with Crippen LogP contribution in [-0.4, -0.2) is 40.3 Å². The van der Waals surface area contributed by atoms with Crippen molar-refractivity contribution in [3.63, 3.8) is 0 Å². The van der Waals surface area contributed by atoms with Crippen LogP contribution in [0.3, 0.4) is 0 Å². The average molecular weight is 622 g/mol. The smallest absolute Gasteiger partial charge is 0.345 e. The highest BCUT2D eigenvalue weighted by Crippen LogP contribution is 2.68. The van der Waals surface area contributed by atoms with Crippen LogP contribution in [0.1, 0.15) is 98.2 Å². The molecule has 9 nitrogen and oxygen atoms in total. The van der Waals surface area contributed by atoms with Crippen LogP contribution >= 0.6 is 0 Å². The van der Waals surface area contributed by atoms with Crippen LogP contribution in [0, 0.1) is 40.4 Å². The summed E-state index contributed by atoms with van der Waals surface area (Å²) >= 11 is 0. The number of aliphatic hydroxyl groups is 1. The van der Waals surface area contributed by atoms with Crippen LogP contribution in [-0.2, 0) is 19.1 Å². The lowest BCUT2D eigenvalue weighted by molar-refractivity contribution is -0.264.